The van der Waals surface area contributed by atoms with Crippen LogP contribution in [0.1, 0.15) is 48.5 Å². The summed E-state index contributed by atoms with van der Waals surface area (Å²) in [5.74, 6) is -0.258. The molecule has 7 aromatic heterocycles. The minimum Gasteiger partial charge on any atom is -0.339 e. The van der Waals surface area contributed by atoms with Crippen molar-refractivity contribution in [3.8, 4) is 43.8 Å². The number of nitrogens with zero attached hydrogens (tertiary/aromatic N) is 5. The number of nitriles is 4. The van der Waals surface area contributed by atoms with E-state index in [1.165, 1.54) is 67.5 Å². The third-order valence-electron chi connectivity index (χ3n) is 7.46. The number of aromatic nitrogens is 1. The highest BCUT2D eigenvalue weighted by Gasteiger charge is 2.21. The molecule has 222 valence electrons. The van der Waals surface area contributed by atoms with Gasteiger partial charge in [0.15, 0.2) is 0 Å². The molecule has 46 heavy (non-hydrogen) atoms. The summed E-state index contributed by atoms with van der Waals surface area (Å²) >= 11 is 9.81. The summed E-state index contributed by atoms with van der Waals surface area (Å²) in [6.45, 7) is 3.15. The zero-order valence-electron chi connectivity index (χ0n) is 24.2. The fraction of sp³-hybridized carbons (Fsp3) is 0.143. The third kappa shape index (κ3) is 5.64. The Bertz CT molecular complexity index is 2440. The Morgan fingerprint density at radius 3 is 2.04 bits per heavy atom. The van der Waals surface area contributed by atoms with E-state index >= 15 is 0 Å². The molecule has 1 unspecified atom stereocenters. The fourth-order valence-corrected chi connectivity index (χ4v) is 11.6. The van der Waals surface area contributed by atoms with Crippen molar-refractivity contribution in [2.24, 2.45) is 0 Å². The summed E-state index contributed by atoms with van der Waals surface area (Å²) in [7, 11) is 0. The lowest BCUT2D eigenvalue weighted by Gasteiger charge is -2.04. The highest BCUT2D eigenvalue weighted by molar-refractivity contribution is 7.32. The predicted octanol–water partition coefficient (Wildman–Crippen LogP) is 11.6. The van der Waals surface area contributed by atoms with Crippen LogP contribution in [0, 0.1) is 45.3 Å². The van der Waals surface area contributed by atoms with Crippen molar-refractivity contribution >= 4 is 100 Å². The molecular weight excluding hydrogens is 683 g/mol. The lowest BCUT2D eigenvalue weighted by Crippen LogP contribution is -1.95. The first-order chi connectivity index (χ1) is 22.5. The molecule has 0 aliphatic rings. The maximum atomic E-state index is 9.84. The van der Waals surface area contributed by atoms with Gasteiger partial charge in [-0.3, -0.25) is 0 Å². The molecule has 0 aliphatic heterocycles. The normalized spacial score (nSPS) is 12.2. The topological polar surface area (TPSA) is 100 Å². The van der Waals surface area contributed by atoms with Crippen LogP contribution in [0.5, 0.6) is 0 Å². The first-order valence-electron chi connectivity index (χ1n) is 14.3. The van der Waals surface area contributed by atoms with Crippen LogP contribution >= 0.6 is 68.0 Å². The molecule has 7 aromatic rings. The molecule has 5 nitrogen and oxygen atoms in total. The number of aryl methyl sites for hydroxylation is 1. The van der Waals surface area contributed by atoms with Crippen molar-refractivity contribution in [3.63, 3.8) is 0 Å². The van der Waals surface area contributed by atoms with Gasteiger partial charge in [0.2, 0.25) is 0 Å². The summed E-state index contributed by atoms with van der Waals surface area (Å²) in [5, 5.41) is 38.0. The Morgan fingerprint density at radius 1 is 0.739 bits per heavy atom. The van der Waals surface area contributed by atoms with Crippen molar-refractivity contribution in [1.29, 1.82) is 21.0 Å². The van der Waals surface area contributed by atoms with Crippen LogP contribution in [0.25, 0.3) is 51.6 Å². The van der Waals surface area contributed by atoms with Gasteiger partial charge in [0.25, 0.3) is 0 Å². The number of allylic oxidation sites excluding steroid dienone is 1. The van der Waals surface area contributed by atoms with Crippen LogP contribution in [-0.4, -0.2) is 4.57 Å². The van der Waals surface area contributed by atoms with Crippen LogP contribution in [0.15, 0.2) is 60.7 Å². The molecule has 1 atom stereocenters. The van der Waals surface area contributed by atoms with Crippen LogP contribution in [-0.2, 0) is 13.0 Å². The van der Waals surface area contributed by atoms with Gasteiger partial charge in [-0.05, 0) is 73.2 Å². The Hall–Kier alpha value is -4.30. The molecule has 0 fully saturated rings. The van der Waals surface area contributed by atoms with Gasteiger partial charge in [-0.25, -0.2) is 0 Å². The zero-order valence-corrected chi connectivity index (χ0v) is 29.1. The van der Waals surface area contributed by atoms with E-state index < -0.39 is 0 Å². The summed E-state index contributed by atoms with van der Waals surface area (Å²) in [4.78, 5) is 9.98. The zero-order chi connectivity index (χ0) is 31.8. The second-order valence-corrected chi connectivity index (χ2v) is 17.0. The summed E-state index contributed by atoms with van der Waals surface area (Å²) in [6, 6.07) is 29.5. The summed E-state index contributed by atoms with van der Waals surface area (Å²) in [5.41, 5.74) is 3.10. The number of hydrogen-bond donors (Lipinski definition) is 0. The SMILES string of the molecule is CCCn1c2cc(-c3ccc(/C=C(\C#N)c4ccc(C#N)s4)s3)sc2c2sc(-c3ccc(CC(C#N)c4ccc(C#N)s4)s3)cc21. The average Bonchev–Trinajstić information content (AvgIpc) is 3.92. The molecule has 0 amide bonds. The van der Waals surface area contributed by atoms with Crippen LogP contribution < -0.4 is 0 Å². The van der Waals surface area contributed by atoms with E-state index in [9.17, 15) is 21.0 Å². The molecule has 11 heteroatoms. The van der Waals surface area contributed by atoms with Crippen LogP contribution in [0.2, 0.25) is 0 Å². The molecule has 0 radical (unpaired) electrons. The predicted molar refractivity (Wildman–Crippen MR) is 196 cm³/mol. The average molecular weight is 704 g/mol. The first kappa shape index (κ1) is 30.4. The first-order valence-corrected chi connectivity index (χ1v) is 19.2. The number of fused-ring (bicyclic) bond motifs is 3. The van der Waals surface area contributed by atoms with Crippen LogP contribution in [0.4, 0.5) is 0 Å². The van der Waals surface area contributed by atoms with E-state index in [1.807, 2.05) is 40.9 Å². The van der Waals surface area contributed by atoms with Gasteiger partial charge in [-0.2, -0.15) is 21.0 Å². The quantitative estimate of drug-likeness (QED) is 0.140. The highest BCUT2D eigenvalue weighted by Crippen LogP contribution is 2.47. The Labute approximate surface area is 289 Å². The number of rotatable bonds is 9. The molecule has 0 aromatic carbocycles. The Morgan fingerprint density at radius 2 is 1.41 bits per heavy atom. The minimum absolute atomic E-state index is 0.258. The van der Waals surface area contributed by atoms with E-state index in [2.05, 4.69) is 72.2 Å². The fourth-order valence-electron chi connectivity index (χ4n) is 5.36. The largest absolute Gasteiger partial charge is 0.339 e. The van der Waals surface area contributed by atoms with Crippen molar-refractivity contribution in [2.45, 2.75) is 32.2 Å². The van der Waals surface area contributed by atoms with Crippen LogP contribution in [0.3, 0.4) is 0 Å². The number of thiophene rings is 6. The lowest BCUT2D eigenvalue weighted by molar-refractivity contribution is 0.725. The van der Waals surface area contributed by atoms with Gasteiger partial charge in [-0.15, -0.1) is 68.0 Å². The molecule has 0 N–H and O–H groups in total. The van der Waals surface area contributed by atoms with Crippen molar-refractivity contribution in [2.75, 3.05) is 0 Å². The molecule has 0 aliphatic carbocycles. The van der Waals surface area contributed by atoms with Gasteiger partial charge in [0.1, 0.15) is 28.0 Å². The van der Waals surface area contributed by atoms with Gasteiger partial charge >= 0.3 is 0 Å². The maximum Gasteiger partial charge on any atom is 0.110 e. The second-order valence-electron chi connectivity index (χ2n) is 10.4. The van der Waals surface area contributed by atoms with Gasteiger partial charge < -0.3 is 4.57 Å². The molecule has 0 bridgehead atoms. The number of hydrogen-bond acceptors (Lipinski definition) is 10. The van der Waals surface area contributed by atoms with E-state index in [4.69, 9.17) is 0 Å². The molecular formula is C35H21N5S6. The maximum absolute atomic E-state index is 9.84. The highest BCUT2D eigenvalue weighted by atomic mass is 32.1. The van der Waals surface area contributed by atoms with Crippen molar-refractivity contribution in [1.82, 2.24) is 4.57 Å². The van der Waals surface area contributed by atoms with E-state index in [1.54, 1.807) is 34.8 Å². The minimum atomic E-state index is -0.258. The standard InChI is InChI=1S/C35H21N5S6/c1-2-11-40-26-14-32(30-9-3-22(41-30)12-20(16-36)28-7-5-24(18-38)43-28)45-34(26)35-27(40)15-33(46-35)31-10-4-23(42-31)13-21(17-37)29-8-6-25(19-39)44-29/h3-10,12,14-15,21H,2,11,13H2,1H3/b20-12+. The van der Waals surface area contributed by atoms with E-state index in [0.29, 0.717) is 21.7 Å². The van der Waals surface area contributed by atoms with Gasteiger partial charge in [0.05, 0.1) is 38.0 Å². The molecule has 0 spiro atoms. The molecule has 0 saturated heterocycles. The lowest BCUT2D eigenvalue weighted by atomic mass is 10.0. The second kappa shape index (κ2) is 12.8. The third-order valence-corrected chi connectivity index (χ3v) is 14.5. The smallest absolute Gasteiger partial charge is 0.110 e. The molecule has 7 rings (SSSR count). The van der Waals surface area contributed by atoms with Gasteiger partial charge in [-0.1, -0.05) is 6.92 Å². The molecule has 0 saturated carbocycles. The Kier molecular flexibility index (Phi) is 8.47. The van der Waals surface area contributed by atoms with E-state index in [-0.39, 0.29) is 5.92 Å². The summed E-state index contributed by atoms with van der Waals surface area (Å²) < 4.78 is 5.05. The summed E-state index contributed by atoms with van der Waals surface area (Å²) in [6.07, 6.45) is 3.58. The molecule has 7 heterocycles. The van der Waals surface area contributed by atoms with Crippen molar-refractivity contribution < 1.29 is 0 Å². The monoisotopic (exact) mass is 703 g/mol. The van der Waals surface area contributed by atoms with Crippen molar-refractivity contribution in [3.05, 3.63) is 89.9 Å². The Balaban J connectivity index is 1.19. The van der Waals surface area contributed by atoms with Gasteiger partial charge in [0, 0.05) is 52.0 Å². The van der Waals surface area contributed by atoms with E-state index in [0.717, 1.165) is 27.6 Å².